The van der Waals surface area contributed by atoms with Gasteiger partial charge in [0.2, 0.25) is 0 Å². The summed E-state index contributed by atoms with van der Waals surface area (Å²) in [5.41, 5.74) is 6.13. The zero-order valence-electron chi connectivity index (χ0n) is 19.3. The number of oxazole rings is 1. The number of hydrogen-bond donors (Lipinski definition) is 1. The second-order valence-corrected chi connectivity index (χ2v) is 8.47. The van der Waals surface area contributed by atoms with Crippen molar-refractivity contribution in [3.63, 3.8) is 0 Å². The largest absolute Gasteiger partial charge is 0.419 e. The lowest BCUT2D eigenvalue weighted by atomic mass is 9.97. The zero-order chi connectivity index (χ0) is 24.2. The van der Waals surface area contributed by atoms with Crippen molar-refractivity contribution >= 4 is 11.1 Å². The third-order valence-electron chi connectivity index (χ3n) is 6.14. The summed E-state index contributed by atoms with van der Waals surface area (Å²) in [4.78, 5) is 16.4. The highest BCUT2D eigenvalue weighted by atomic mass is 16.4. The number of pyridine rings is 1. The lowest BCUT2D eigenvalue weighted by molar-refractivity contribution is 0.528. The molecule has 1 unspecified atom stereocenters. The third kappa shape index (κ3) is 4.77. The van der Waals surface area contributed by atoms with E-state index >= 15 is 0 Å². The van der Waals surface area contributed by atoms with Gasteiger partial charge in [-0.2, -0.15) is 5.26 Å². The minimum absolute atomic E-state index is 0.0948. The van der Waals surface area contributed by atoms with Gasteiger partial charge in [0.25, 0.3) is 0 Å². The maximum atomic E-state index is 11.8. The van der Waals surface area contributed by atoms with Gasteiger partial charge in [-0.15, -0.1) is 0 Å². The summed E-state index contributed by atoms with van der Waals surface area (Å²) in [6.07, 6.45) is 2.33. The molecule has 5 aromatic rings. The van der Waals surface area contributed by atoms with Crippen molar-refractivity contribution in [2.24, 2.45) is 7.05 Å². The van der Waals surface area contributed by atoms with Crippen LogP contribution in [0.5, 0.6) is 0 Å². The molecule has 172 valence electrons. The molecule has 1 N–H and O–H groups in total. The average Bonchev–Trinajstić information content (AvgIpc) is 3.20. The predicted molar refractivity (Wildman–Crippen MR) is 136 cm³/mol. The van der Waals surface area contributed by atoms with Gasteiger partial charge in [-0.05, 0) is 41.0 Å². The summed E-state index contributed by atoms with van der Waals surface area (Å²) in [5, 5.41) is 13.4. The Bertz CT molecular complexity index is 1490. The number of aromatic nitrogens is 2. The zero-order valence-corrected chi connectivity index (χ0v) is 19.3. The van der Waals surface area contributed by atoms with Crippen LogP contribution in [0.2, 0.25) is 0 Å². The molecule has 0 spiro atoms. The minimum atomic E-state index is -0.398. The van der Waals surface area contributed by atoms with Crippen molar-refractivity contribution in [3.8, 4) is 17.3 Å². The Morgan fingerprint density at radius 3 is 2.26 bits per heavy atom. The monoisotopic (exact) mass is 460 g/mol. The smallest absolute Gasteiger partial charge is 0.408 e. The first-order valence-electron chi connectivity index (χ1n) is 11.4. The first-order valence-corrected chi connectivity index (χ1v) is 11.4. The molecule has 0 aliphatic rings. The molecule has 6 heteroatoms. The number of benzene rings is 3. The van der Waals surface area contributed by atoms with Crippen LogP contribution in [0.1, 0.15) is 22.7 Å². The Morgan fingerprint density at radius 2 is 1.66 bits per heavy atom. The SMILES string of the molecule is Cn1c(=O)oc2ccc(-c3ccc(CC(C#N)NC(c4ccccc4)c4ccccc4)cn3)cc21. The molecule has 6 nitrogen and oxygen atoms in total. The molecule has 2 aromatic heterocycles. The standard InChI is InChI=1S/C29H24N4O2/c1-33-26-17-23(13-15-27(26)35-29(33)34)25-14-12-20(19-31-25)16-24(18-30)32-28(21-8-4-2-5-9-21)22-10-6-3-7-11-22/h2-15,17,19,24,28,32H,16H2,1H3. The summed E-state index contributed by atoms with van der Waals surface area (Å²) in [6.45, 7) is 0. The fourth-order valence-electron chi connectivity index (χ4n) is 4.26. The third-order valence-corrected chi connectivity index (χ3v) is 6.14. The molecule has 0 saturated carbocycles. The van der Waals surface area contributed by atoms with Crippen LogP contribution in [0, 0.1) is 11.3 Å². The van der Waals surface area contributed by atoms with E-state index in [9.17, 15) is 10.1 Å². The number of aryl methyl sites for hydroxylation is 1. The highest BCUT2D eigenvalue weighted by Crippen LogP contribution is 2.24. The van der Waals surface area contributed by atoms with E-state index in [-0.39, 0.29) is 11.8 Å². The van der Waals surface area contributed by atoms with E-state index in [1.54, 1.807) is 19.3 Å². The van der Waals surface area contributed by atoms with Gasteiger partial charge in [0.15, 0.2) is 5.58 Å². The van der Waals surface area contributed by atoms with Crippen molar-refractivity contribution in [1.82, 2.24) is 14.9 Å². The molecule has 0 radical (unpaired) electrons. The normalized spacial score (nSPS) is 12.0. The number of nitrogens with one attached hydrogen (secondary N) is 1. The molecule has 1 atom stereocenters. The van der Waals surface area contributed by atoms with Gasteiger partial charge in [-0.25, -0.2) is 4.79 Å². The molecule has 0 amide bonds. The maximum Gasteiger partial charge on any atom is 0.419 e. The number of hydrogen-bond acceptors (Lipinski definition) is 5. The Morgan fingerprint density at radius 1 is 0.971 bits per heavy atom. The maximum absolute atomic E-state index is 11.8. The van der Waals surface area contributed by atoms with Crippen molar-refractivity contribution < 1.29 is 4.42 Å². The number of rotatable bonds is 7. The molecule has 35 heavy (non-hydrogen) atoms. The van der Waals surface area contributed by atoms with Gasteiger partial charge in [0, 0.05) is 25.2 Å². The van der Waals surface area contributed by atoms with E-state index in [0.717, 1.165) is 33.5 Å². The van der Waals surface area contributed by atoms with Crippen LogP contribution < -0.4 is 11.1 Å². The van der Waals surface area contributed by atoms with Crippen molar-refractivity contribution in [3.05, 3.63) is 124 Å². The van der Waals surface area contributed by atoms with E-state index in [4.69, 9.17) is 4.42 Å². The molecular formula is C29H24N4O2. The lowest BCUT2D eigenvalue weighted by Gasteiger charge is -2.23. The number of fused-ring (bicyclic) bond motifs is 1. The summed E-state index contributed by atoms with van der Waals surface area (Å²) < 4.78 is 6.69. The fourth-order valence-corrected chi connectivity index (χ4v) is 4.26. The molecule has 0 aliphatic carbocycles. The highest BCUT2D eigenvalue weighted by Gasteiger charge is 2.19. The molecule has 5 rings (SSSR count). The molecule has 0 saturated heterocycles. The summed E-state index contributed by atoms with van der Waals surface area (Å²) in [5.74, 6) is -0.389. The van der Waals surface area contributed by atoms with Gasteiger partial charge >= 0.3 is 5.76 Å². The Labute approximate surface area is 203 Å². The predicted octanol–water partition coefficient (Wildman–Crippen LogP) is 5.01. The van der Waals surface area contributed by atoms with Crippen LogP contribution in [0.3, 0.4) is 0 Å². The highest BCUT2D eigenvalue weighted by molar-refractivity contribution is 5.79. The molecule has 0 bridgehead atoms. The number of nitriles is 1. The van der Waals surface area contributed by atoms with Crippen LogP contribution in [0.4, 0.5) is 0 Å². The van der Waals surface area contributed by atoms with E-state index in [1.807, 2.05) is 60.7 Å². The van der Waals surface area contributed by atoms with E-state index < -0.39 is 6.04 Å². The van der Waals surface area contributed by atoms with Crippen molar-refractivity contribution in [2.75, 3.05) is 0 Å². The van der Waals surface area contributed by atoms with Crippen LogP contribution in [-0.4, -0.2) is 15.6 Å². The van der Waals surface area contributed by atoms with E-state index in [2.05, 4.69) is 40.6 Å². The molecular weight excluding hydrogens is 436 g/mol. The van der Waals surface area contributed by atoms with Gasteiger partial charge in [0.05, 0.1) is 23.3 Å². The lowest BCUT2D eigenvalue weighted by Crippen LogP contribution is -2.34. The van der Waals surface area contributed by atoms with Crippen LogP contribution >= 0.6 is 0 Å². The number of nitrogens with zero attached hydrogens (tertiary/aromatic N) is 3. The summed E-state index contributed by atoms with van der Waals surface area (Å²) in [6, 6.07) is 31.7. The fraction of sp³-hybridized carbons (Fsp3) is 0.138. The average molecular weight is 461 g/mol. The van der Waals surface area contributed by atoms with Gasteiger partial charge in [-0.1, -0.05) is 66.7 Å². The first kappa shape index (κ1) is 22.3. The van der Waals surface area contributed by atoms with Gasteiger partial charge < -0.3 is 4.42 Å². The quantitative estimate of drug-likeness (QED) is 0.369. The van der Waals surface area contributed by atoms with Gasteiger partial charge in [-0.3, -0.25) is 14.9 Å². The Hall–Kier alpha value is -4.47. The minimum Gasteiger partial charge on any atom is -0.408 e. The second-order valence-electron chi connectivity index (χ2n) is 8.47. The molecule has 0 aliphatic heterocycles. The van der Waals surface area contributed by atoms with Crippen LogP contribution in [-0.2, 0) is 13.5 Å². The van der Waals surface area contributed by atoms with Gasteiger partial charge in [0.1, 0.15) is 6.04 Å². The van der Waals surface area contributed by atoms with E-state index in [1.165, 1.54) is 4.57 Å². The second kappa shape index (κ2) is 9.80. The molecule has 3 aromatic carbocycles. The van der Waals surface area contributed by atoms with Crippen LogP contribution in [0.15, 0.2) is 106 Å². The molecule has 2 heterocycles. The first-order chi connectivity index (χ1) is 17.1. The van der Waals surface area contributed by atoms with Crippen molar-refractivity contribution in [1.29, 1.82) is 5.26 Å². The van der Waals surface area contributed by atoms with E-state index in [0.29, 0.717) is 12.0 Å². The Balaban J connectivity index is 1.35. The summed E-state index contributed by atoms with van der Waals surface area (Å²) in [7, 11) is 1.68. The Kier molecular flexibility index (Phi) is 6.25. The van der Waals surface area contributed by atoms with Crippen molar-refractivity contribution in [2.45, 2.75) is 18.5 Å². The topological polar surface area (TPSA) is 83.8 Å². The molecule has 0 fully saturated rings. The van der Waals surface area contributed by atoms with Crippen LogP contribution in [0.25, 0.3) is 22.4 Å². The summed E-state index contributed by atoms with van der Waals surface area (Å²) >= 11 is 0.